The second kappa shape index (κ2) is 11.0. The Balaban J connectivity index is 1.60. The molecule has 1 heterocycles. The summed E-state index contributed by atoms with van der Waals surface area (Å²) < 4.78 is 0. The van der Waals surface area contributed by atoms with Crippen LogP contribution in [0.5, 0.6) is 0 Å². The molecule has 0 spiro atoms. The number of hydrogen-bond acceptors (Lipinski definition) is 3. The molecule has 3 aromatic rings. The third-order valence-electron chi connectivity index (χ3n) is 5.04. The van der Waals surface area contributed by atoms with Crippen LogP contribution in [-0.4, -0.2) is 41.6 Å². The molecule has 0 unspecified atom stereocenters. The molecule has 160 valence electrons. The SMILES string of the molecule is CNC(=O)CCCC#Cc1cccc(C(=O)N[C@@H](CO)Cc2c[nH]c3ccccc23)c1. The van der Waals surface area contributed by atoms with Crippen LogP contribution in [0.3, 0.4) is 0 Å². The van der Waals surface area contributed by atoms with Crippen molar-refractivity contribution < 1.29 is 14.7 Å². The average Bonchev–Trinajstić information content (AvgIpc) is 3.21. The van der Waals surface area contributed by atoms with E-state index in [2.05, 4.69) is 27.5 Å². The summed E-state index contributed by atoms with van der Waals surface area (Å²) in [7, 11) is 1.62. The van der Waals surface area contributed by atoms with Gasteiger partial charge >= 0.3 is 0 Å². The van der Waals surface area contributed by atoms with Crippen LogP contribution >= 0.6 is 0 Å². The smallest absolute Gasteiger partial charge is 0.251 e. The molecule has 2 amide bonds. The number of fused-ring (bicyclic) bond motifs is 1. The number of carbonyl (C=O) groups excluding carboxylic acids is 2. The Hall–Kier alpha value is -3.56. The molecule has 0 saturated carbocycles. The number of rotatable bonds is 8. The number of aliphatic hydroxyl groups excluding tert-OH is 1. The van der Waals surface area contributed by atoms with Gasteiger partial charge in [0, 0.05) is 48.1 Å². The predicted octanol–water partition coefficient (Wildman–Crippen LogP) is 2.77. The number of benzene rings is 2. The molecule has 1 aromatic heterocycles. The van der Waals surface area contributed by atoms with Gasteiger partial charge in [0.2, 0.25) is 5.91 Å². The summed E-state index contributed by atoms with van der Waals surface area (Å²) in [5.74, 6) is 5.84. The third kappa shape index (κ3) is 6.21. The maximum atomic E-state index is 12.7. The molecular formula is C25H27N3O3. The van der Waals surface area contributed by atoms with E-state index in [1.807, 2.05) is 36.5 Å². The fourth-order valence-corrected chi connectivity index (χ4v) is 3.36. The molecule has 6 heteroatoms. The Kier molecular flexibility index (Phi) is 7.85. The Bertz CT molecular complexity index is 1110. The summed E-state index contributed by atoms with van der Waals surface area (Å²) in [5, 5.41) is 16.4. The molecule has 2 aromatic carbocycles. The van der Waals surface area contributed by atoms with Crippen LogP contribution in [0.2, 0.25) is 0 Å². The van der Waals surface area contributed by atoms with Gasteiger partial charge in [-0.15, -0.1) is 0 Å². The average molecular weight is 418 g/mol. The molecule has 0 radical (unpaired) electrons. The third-order valence-corrected chi connectivity index (χ3v) is 5.04. The highest BCUT2D eigenvalue weighted by molar-refractivity contribution is 5.94. The van der Waals surface area contributed by atoms with Gasteiger partial charge in [-0.3, -0.25) is 9.59 Å². The molecule has 0 aliphatic heterocycles. The molecule has 3 rings (SSSR count). The number of carbonyl (C=O) groups is 2. The Morgan fingerprint density at radius 2 is 2.00 bits per heavy atom. The summed E-state index contributed by atoms with van der Waals surface area (Å²) >= 11 is 0. The summed E-state index contributed by atoms with van der Waals surface area (Å²) in [6.45, 7) is -0.157. The van der Waals surface area contributed by atoms with E-state index in [1.165, 1.54) is 0 Å². The van der Waals surface area contributed by atoms with Crippen LogP contribution in [0.15, 0.2) is 54.7 Å². The van der Waals surface area contributed by atoms with Crippen molar-refractivity contribution in [3.8, 4) is 11.8 Å². The van der Waals surface area contributed by atoms with Gasteiger partial charge in [-0.25, -0.2) is 0 Å². The van der Waals surface area contributed by atoms with Crippen molar-refractivity contribution in [1.29, 1.82) is 0 Å². The van der Waals surface area contributed by atoms with Crippen molar-refractivity contribution in [1.82, 2.24) is 15.6 Å². The lowest BCUT2D eigenvalue weighted by molar-refractivity contribution is -0.120. The number of unbranched alkanes of at least 4 members (excludes halogenated alkanes) is 1. The molecule has 0 aliphatic carbocycles. The first-order valence-corrected chi connectivity index (χ1v) is 10.4. The molecular weight excluding hydrogens is 390 g/mol. The molecule has 4 N–H and O–H groups in total. The normalized spacial score (nSPS) is 11.4. The summed E-state index contributed by atoms with van der Waals surface area (Å²) in [5.41, 5.74) is 3.31. The number of aromatic amines is 1. The number of H-pyrrole nitrogens is 1. The van der Waals surface area contributed by atoms with E-state index < -0.39 is 6.04 Å². The number of aliphatic hydroxyl groups is 1. The van der Waals surface area contributed by atoms with Crippen LogP contribution in [0.25, 0.3) is 10.9 Å². The van der Waals surface area contributed by atoms with Gasteiger partial charge in [0.05, 0.1) is 12.6 Å². The topological polar surface area (TPSA) is 94.2 Å². The highest BCUT2D eigenvalue weighted by atomic mass is 16.3. The first-order chi connectivity index (χ1) is 15.1. The molecule has 6 nitrogen and oxygen atoms in total. The lowest BCUT2D eigenvalue weighted by atomic mass is 10.0. The molecule has 0 saturated heterocycles. The minimum atomic E-state index is -0.397. The maximum absolute atomic E-state index is 12.7. The largest absolute Gasteiger partial charge is 0.394 e. The number of amides is 2. The van der Waals surface area contributed by atoms with Gasteiger partial charge < -0.3 is 20.7 Å². The maximum Gasteiger partial charge on any atom is 0.251 e. The van der Waals surface area contributed by atoms with Crippen molar-refractivity contribution in [3.63, 3.8) is 0 Å². The number of hydrogen-bond donors (Lipinski definition) is 4. The van der Waals surface area contributed by atoms with Gasteiger partial charge in [-0.05, 0) is 42.7 Å². The van der Waals surface area contributed by atoms with Gasteiger partial charge in [-0.1, -0.05) is 36.1 Å². The van der Waals surface area contributed by atoms with Gasteiger partial charge in [0.25, 0.3) is 5.91 Å². The van der Waals surface area contributed by atoms with Crippen molar-refractivity contribution in [2.24, 2.45) is 0 Å². The fourth-order valence-electron chi connectivity index (χ4n) is 3.36. The van der Waals surface area contributed by atoms with Crippen molar-refractivity contribution in [2.75, 3.05) is 13.7 Å². The van der Waals surface area contributed by atoms with E-state index in [0.29, 0.717) is 31.2 Å². The zero-order chi connectivity index (χ0) is 22.1. The highest BCUT2D eigenvalue weighted by Gasteiger charge is 2.16. The van der Waals surface area contributed by atoms with Crippen molar-refractivity contribution in [2.45, 2.75) is 31.7 Å². The summed E-state index contributed by atoms with van der Waals surface area (Å²) in [4.78, 5) is 27.2. The van der Waals surface area contributed by atoms with Crippen LogP contribution in [0.1, 0.15) is 40.7 Å². The van der Waals surface area contributed by atoms with E-state index in [9.17, 15) is 14.7 Å². The minimum absolute atomic E-state index is 0.00606. The van der Waals surface area contributed by atoms with Gasteiger partial charge in [-0.2, -0.15) is 0 Å². The van der Waals surface area contributed by atoms with Crippen LogP contribution in [0.4, 0.5) is 0 Å². The van der Waals surface area contributed by atoms with Crippen LogP contribution in [-0.2, 0) is 11.2 Å². The number of nitrogens with one attached hydrogen (secondary N) is 3. The minimum Gasteiger partial charge on any atom is -0.394 e. The Labute approximate surface area is 182 Å². The number of aromatic nitrogens is 1. The lowest BCUT2D eigenvalue weighted by Gasteiger charge is -2.16. The predicted molar refractivity (Wildman–Crippen MR) is 122 cm³/mol. The zero-order valence-corrected chi connectivity index (χ0v) is 17.6. The van der Waals surface area contributed by atoms with Gasteiger partial charge in [0.1, 0.15) is 0 Å². The summed E-state index contributed by atoms with van der Waals surface area (Å²) in [6.07, 6.45) is 4.20. The lowest BCUT2D eigenvalue weighted by Crippen LogP contribution is -2.39. The molecule has 0 fully saturated rings. The standard InChI is InChI=1S/C25H27N3O3/c1-26-24(30)13-4-2-3-8-18-9-7-10-19(14-18)25(31)28-21(17-29)15-20-16-27-23-12-6-5-11-22(20)23/h5-7,9-12,14,16,21,27,29H,2,4,13,15,17H2,1H3,(H,26,30)(H,28,31)/t21-/m1/s1. The molecule has 1 atom stereocenters. The van der Waals surface area contributed by atoms with Crippen molar-refractivity contribution in [3.05, 3.63) is 71.4 Å². The molecule has 31 heavy (non-hydrogen) atoms. The molecule has 0 aliphatic rings. The monoisotopic (exact) mass is 417 g/mol. The van der Waals surface area contributed by atoms with E-state index in [-0.39, 0.29) is 18.4 Å². The van der Waals surface area contributed by atoms with E-state index in [4.69, 9.17) is 0 Å². The van der Waals surface area contributed by atoms with E-state index in [1.54, 1.807) is 25.2 Å². The number of para-hydroxylation sites is 1. The van der Waals surface area contributed by atoms with Crippen LogP contribution in [0, 0.1) is 11.8 Å². The van der Waals surface area contributed by atoms with E-state index in [0.717, 1.165) is 22.0 Å². The van der Waals surface area contributed by atoms with Crippen LogP contribution < -0.4 is 10.6 Å². The highest BCUT2D eigenvalue weighted by Crippen LogP contribution is 2.19. The second-order valence-electron chi connectivity index (χ2n) is 7.33. The van der Waals surface area contributed by atoms with Gasteiger partial charge in [0.15, 0.2) is 0 Å². The van der Waals surface area contributed by atoms with Crippen molar-refractivity contribution >= 4 is 22.7 Å². The quantitative estimate of drug-likeness (QED) is 0.335. The Morgan fingerprint density at radius 1 is 1.16 bits per heavy atom. The van der Waals surface area contributed by atoms with E-state index >= 15 is 0 Å². The first-order valence-electron chi connectivity index (χ1n) is 10.4. The Morgan fingerprint density at radius 3 is 2.81 bits per heavy atom. The first kappa shape index (κ1) is 22.1. The zero-order valence-electron chi connectivity index (χ0n) is 17.6. The second-order valence-corrected chi connectivity index (χ2v) is 7.33. The fraction of sp³-hybridized carbons (Fsp3) is 0.280. The summed E-state index contributed by atoms with van der Waals surface area (Å²) in [6, 6.07) is 14.7. The molecule has 0 bridgehead atoms.